The molecule has 3 heterocycles. The Bertz CT molecular complexity index is 682. The number of nitrogens with one attached hydrogen (secondary N) is 1. The van der Waals surface area contributed by atoms with E-state index < -0.39 is 0 Å². The molecule has 0 radical (unpaired) electrons. The van der Waals surface area contributed by atoms with E-state index in [0.717, 1.165) is 25.8 Å². The molecule has 1 saturated heterocycles. The Morgan fingerprint density at radius 2 is 2.30 bits per heavy atom. The van der Waals surface area contributed by atoms with E-state index in [1.807, 2.05) is 21.8 Å². The molecule has 0 aromatic carbocycles. The fourth-order valence-electron chi connectivity index (χ4n) is 2.81. The highest BCUT2D eigenvalue weighted by Gasteiger charge is 2.29. The molecule has 1 aliphatic rings. The highest BCUT2D eigenvalue weighted by molar-refractivity contribution is 7.14. The van der Waals surface area contributed by atoms with Crippen molar-refractivity contribution in [1.29, 1.82) is 0 Å². The SMILES string of the molecule is CC(=O)Nc1nc(C(=O)N2CCCC[C@H]2Cn2cccn2)cs1. The van der Waals surface area contributed by atoms with Crippen LogP contribution < -0.4 is 5.32 Å². The molecule has 2 aromatic rings. The molecule has 0 unspecified atom stereocenters. The van der Waals surface area contributed by atoms with Crippen LogP contribution in [0, 0.1) is 0 Å². The first-order valence-electron chi connectivity index (χ1n) is 7.65. The predicted molar refractivity (Wildman–Crippen MR) is 87.3 cm³/mol. The molecule has 1 aliphatic heterocycles. The fraction of sp³-hybridized carbons (Fsp3) is 0.467. The normalized spacial score (nSPS) is 18.0. The van der Waals surface area contributed by atoms with Crippen LogP contribution in [0.25, 0.3) is 0 Å². The number of anilines is 1. The minimum absolute atomic E-state index is 0.0743. The average molecular weight is 333 g/mol. The fourth-order valence-corrected chi connectivity index (χ4v) is 3.54. The molecule has 0 aliphatic carbocycles. The van der Waals surface area contributed by atoms with Crippen LogP contribution in [0.3, 0.4) is 0 Å². The van der Waals surface area contributed by atoms with Crippen molar-refractivity contribution in [3.05, 3.63) is 29.5 Å². The van der Waals surface area contributed by atoms with Gasteiger partial charge in [-0.1, -0.05) is 0 Å². The molecular formula is C15H19N5O2S. The van der Waals surface area contributed by atoms with Crippen LogP contribution in [0.1, 0.15) is 36.7 Å². The van der Waals surface area contributed by atoms with Crippen molar-refractivity contribution in [2.75, 3.05) is 11.9 Å². The van der Waals surface area contributed by atoms with Crippen molar-refractivity contribution in [3.8, 4) is 0 Å². The topological polar surface area (TPSA) is 80.1 Å². The number of nitrogens with zero attached hydrogens (tertiary/aromatic N) is 4. The van der Waals surface area contributed by atoms with E-state index in [4.69, 9.17) is 0 Å². The second-order valence-electron chi connectivity index (χ2n) is 5.60. The molecule has 0 bridgehead atoms. The lowest BCUT2D eigenvalue weighted by atomic mass is 10.0. The van der Waals surface area contributed by atoms with Crippen molar-refractivity contribution in [2.45, 2.75) is 38.8 Å². The third-order valence-electron chi connectivity index (χ3n) is 3.85. The minimum Gasteiger partial charge on any atom is -0.332 e. The van der Waals surface area contributed by atoms with Crippen molar-refractivity contribution >= 4 is 28.3 Å². The molecule has 1 fully saturated rings. The Morgan fingerprint density at radius 3 is 3.04 bits per heavy atom. The lowest BCUT2D eigenvalue weighted by Crippen LogP contribution is -2.46. The number of aromatic nitrogens is 3. The van der Waals surface area contributed by atoms with Gasteiger partial charge in [-0.05, 0) is 25.3 Å². The number of thiazole rings is 1. The van der Waals surface area contributed by atoms with Crippen LogP contribution in [0.15, 0.2) is 23.8 Å². The van der Waals surface area contributed by atoms with E-state index in [2.05, 4.69) is 15.4 Å². The number of likely N-dealkylation sites (tertiary alicyclic amines) is 1. The van der Waals surface area contributed by atoms with Gasteiger partial charge in [0.2, 0.25) is 5.91 Å². The monoisotopic (exact) mass is 333 g/mol. The molecule has 23 heavy (non-hydrogen) atoms. The highest BCUT2D eigenvalue weighted by atomic mass is 32.1. The summed E-state index contributed by atoms with van der Waals surface area (Å²) in [5.74, 6) is -0.261. The van der Waals surface area contributed by atoms with E-state index in [-0.39, 0.29) is 17.9 Å². The lowest BCUT2D eigenvalue weighted by molar-refractivity contribution is -0.114. The summed E-state index contributed by atoms with van der Waals surface area (Å²) in [6, 6.07) is 2.01. The Balaban J connectivity index is 1.73. The van der Waals surface area contributed by atoms with Crippen LogP contribution in [0.5, 0.6) is 0 Å². The molecule has 8 heteroatoms. The number of carbonyl (C=O) groups excluding carboxylic acids is 2. The summed E-state index contributed by atoms with van der Waals surface area (Å²) in [6.45, 7) is 2.85. The average Bonchev–Trinajstić information content (AvgIpc) is 3.18. The first-order chi connectivity index (χ1) is 11.1. The smallest absolute Gasteiger partial charge is 0.273 e. The van der Waals surface area contributed by atoms with Gasteiger partial charge in [0.1, 0.15) is 5.69 Å². The van der Waals surface area contributed by atoms with Crippen LogP contribution in [0.2, 0.25) is 0 Å². The zero-order valence-electron chi connectivity index (χ0n) is 12.9. The maximum absolute atomic E-state index is 12.8. The number of hydrogen-bond donors (Lipinski definition) is 1. The first kappa shape index (κ1) is 15.7. The largest absolute Gasteiger partial charge is 0.332 e. The molecule has 0 spiro atoms. The maximum Gasteiger partial charge on any atom is 0.273 e. The number of rotatable bonds is 4. The summed E-state index contributed by atoms with van der Waals surface area (Å²) in [5.41, 5.74) is 0.395. The highest BCUT2D eigenvalue weighted by Crippen LogP contribution is 2.23. The van der Waals surface area contributed by atoms with Crippen LogP contribution in [-0.4, -0.2) is 44.1 Å². The van der Waals surface area contributed by atoms with Gasteiger partial charge in [-0.25, -0.2) is 4.98 Å². The van der Waals surface area contributed by atoms with Crippen molar-refractivity contribution in [2.24, 2.45) is 0 Å². The van der Waals surface area contributed by atoms with Gasteiger partial charge in [-0.3, -0.25) is 14.3 Å². The van der Waals surface area contributed by atoms with Crippen LogP contribution in [-0.2, 0) is 11.3 Å². The third-order valence-corrected chi connectivity index (χ3v) is 4.61. The summed E-state index contributed by atoms with van der Waals surface area (Å²) in [5, 5.41) is 9.01. The molecule has 2 aromatic heterocycles. The van der Waals surface area contributed by atoms with Gasteiger partial charge in [0.25, 0.3) is 5.91 Å². The second kappa shape index (κ2) is 6.91. The maximum atomic E-state index is 12.8. The van der Waals surface area contributed by atoms with Crippen molar-refractivity contribution in [1.82, 2.24) is 19.7 Å². The second-order valence-corrected chi connectivity index (χ2v) is 6.45. The molecule has 7 nitrogen and oxygen atoms in total. The van der Waals surface area contributed by atoms with E-state index in [0.29, 0.717) is 17.4 Å². The van der Waals surface area contributed by atoms with Gasteiger partial charge in [0.05, 0.1) is 12.6 Å². The molecule has 122 valence electrons. The van der Waals surface area contributed by atoms with Gasteiger partial charge < -0.3 is 10.2 Å². The van der Waals surface area contributed by atoms with Crippen molar-refractivity contribution in [3.63, 3.8) is 0 Å². The summed E-state index contributed by atoms with van der Waals surface area (Å²) in [6.07, 6.45) is 6.74. The predicted octanol–water partition coefficient (Wildman–Crippen LogP) is 1.99. The summed E-state index contributed by atoms with van der Waals surface area (Å²) in [7, 11) is 0. The van der Waals surface area contributed by atoms with Crippen LogP contribution >= 0.6 is 11.3 Å². The van der Waals surface area contributed by atoms with E-state index in [9.17, 15) is 9.59 Å². The Kier molecular flexibility index (Phi) is 4.71. The van der Waals surface area contributed by atoms with Gasteiger partial charge >= 0.3 is 0 Å². The molecule has 0 saturated carbocycles. The van der Waals surface area contributed by atoms with Crippen molar-refractivity contribution < 1.29 is 9.59 Å². The summed E-state index contributed by atoms with van der Waals surface area (Å²) in [4.78, 5) is 30.0. The molecule has 2 amide bonds. The summed E-state index contributed by atoms with van der Waals surface area (Å²) < 4.78 is 1.86. The zero-order valence-corrected chi connectivity index (χ0v) is 13.8. The number of carbonyl (C=O) groups is 2. The molecule has 3 rings (SSSR count). The number of amides is 2. The van der Waals surface area contributed by atoms with Gasteiger partial charge in [0, 0.05) is 31.2 Å². The van der Waals surface area contributed by atoms with E-state index in [1.165, 1.54) is 18.3 Å². The molecule has 1 N–H and O–H groups in total. The quantitative estimate of drug-likeness (QED) is 0.928. The van der Waals surface area contributed by atoms with Gasteiger partial charge in [-0.15, -0.1) is 11.3 Å². The number of hydrogen-bond acceptors (Lipinski definition) is 5. The number of piperidine rings is 1. The lowest BCUT2D eigenvalue weighted by Gasteiger charge is -2.35. The third kappa shape index (κ3) is 3.76. The van der Waals surface area contributed by atoms with Gasteiger partial charge in [-0.2, -0.15) is 5.10 Å². The van der Waals surface area contributed by atoms with E-state index in [1.54, 1.807) is 11.6 Å². The molecular weight excluding hydrogens is 314 g/mol. The standard InChI is InChI=1S/C15H19N5O2S/c1-11(21)17-15-18-13(10-23-15)14(22)20-8-3-2-5-12(20)9-19-7-4-6-16-19/h4,6-7,10,12H,2-3,5,8-9H2,1H3,(H,17,18,21)/t12-/m0/s1. The Labute approximate surface area is 138 Å². The molecule has 1 atom stereocenters. The Hall–Kier alpha value is -2.22. The van der Waals surface area contributed by atoms with E-state index >= 15 is 0 Å². The summed E-state index contributed by atoms with van der Waals surface area (Å²) >= 11 is 1.27. The first-order valence-corrected chi connectivity index (χ1v) is 8.53. The Morgan fingerprint density at radius 1 is 1.43 bits per heavy atom. The van der Waals surface area contributed by atoms with Crippen LogP contribution in [0.4, 0.5) is 5.13 Å². The van der Waals surface area contributed by atoms with Gasteiger partial charge in [0.15, 0.2) is 5.13 Å². The zero-order chi connectivity index (χ0) is 16.2. The minimum atomic E-state index is -0.187.